The minimum atomic E-state index is -5.08. The Morgan fingerprint density at radius 1 is 0.929 bits per heavy atom. The molecule has 1 fully saturated rings. The number of pyridine rings is 1. The number of benzene rings is 2. The Bertz CT molecular complexity index is 1430. The van der Waals surface area contributed by atoms with E-state index in [4.69, 9.17) is 0 Å². The van der Waals surface area contributed by atoms with E-state index < -0.39 is 41.0 Å². The summed E-state index contributed by atoms with van der Waals surface area (Å²) in [6, 6.07) is 9.31. The fourth-order valence-electron chi connectivity index (χ4n) is 4.69. The first kappa shape index (κ1) is 32.7. The highest BCUT2D eigenvalue weighted by molar-refractivity contribution is 5.96. The lowest BCUT2D eigenvalue weighted by atomic mass is 9.97. The van der Waals surface area contributed by atoms with Crippen LogP contribution >= 0.6 is 12.4 Å². The van der Waals surface area contributed by atoms with Gasteiger partial charge in [0.05, 0.1) is 17.2 Å². The predicted octanol–water partition coefficient (Wildman–Crippen LogP) is 6.77. The number of hydrogen-bond donors (Lipinski definition) is 0. The van der Waals surface area contributed by atoms with Crippen LogP contribution in [0.25, 0.3) is 6.08 Å². The van der Waals surface area contributed by atoms with E-state index in [-0.39, 0.29) is 50.4 Å². The lowest BCUT2D eigenvalue weighted by molar-refractivity contribution is -0.143. The van der Waals surface area contributed by atoms with Crippen molar-refractivity contribution in [3.63, 3.8) is 0 Å². The fraction of sp³-hybridized carbons (Fsp3) is 0.300. The van der Waals surface area contributed by atoms with E-state index in [0.29, 0.717) is 17.7 Å². The Hall–Kier alpha value is -3.86. The molecule has 224 valence electrons. The summed E-state index contributed by atoms with van der Waals surface area (Å²) in [7, 11) is 0. The first-order valence-electron chi connectivity index (χ1n) is 12.8. The minimum Gasteiger partial charge on any atom is -0.335 e. The molecule has 2 heterocycles. The van der Waals surface area contributed by atoms with Crippen LogP contribution in [0.4, 0.5) is 26.3 Å². The highest BCUT2D eigenvalue weighted by Crippen LogP contribution is 2.37. The summed E-state index contributed by atoms with van der Waals surface area (Å²) in [5.74, 6) is -1.31. The van der Waals surface area contributed by atoms with Crippen molar-refractivity contribution in [1.29, 1.82) is 0 Å². The minimum absolute atomic E-state index is 0. The van der Waals surface area contributed by atoms with Crippen molar-refractivity contribution >= 4 is 30.3 Å². The zero-order valence-electron chi connectivity index (χ0n) is 22.7. The van der Waals surface area contributed by atoms with Crippen molar-refractivity contribution in [2.75, 3.05) is 19.6 Å². The molecule has 42 heavy (non-hydrogen) atoms. The number of nitrogens with zero attached hydrogens (tertiary/aromatic N) is 3. The second-order valence-corrected chi connectivity index (χ2v) is 9.97. The number of amides is 2. The van der Waals surface area contributed by atoms with Gasteiger partial charge in [0.25, 0.3) is 5.91 Å². The van der Waals surface area contributed by atoms with Gasteiger partial charge in [0.15, 0.2) is 0 Å². The average molecular weight is 612 g/mol. The molecule has 1 aromatic heterocycles. The zero-order valence-corrected chi connectivity index (χ0v) is 23.5. The number of rotatable bonds is 5. The van der Waals surface area contributed by atoms with Crippen molar-refractivity contribution in [3.05, 3.63) is 106 Å². The SMILES string of the molecule is Cc1ccc(C[C@@H]2CN(C(=O)/C=C/c3cccnc3)CCN2C(=O)c2cc(C(F)(F)F)cc(C(F)(F)F)c2)cc1C.Cl. The standard InChI is InChI=1S/C30H27F6N3O2.ClH/c1-19-5-6-22(12-20(19)2)13-26-18-38(27(40)8-7-21-4-3-9-37-17-21)10-11-39(26)28(41)23-14-24(29(31,32)33)16-25(15-23)30(34,35)36;/h3-9,12,14-17,26H,10-11,13,18H2,1-2H3;1H/b8-7+;/t26-;/m1./s1. The summed E-state index contributed by atoms with van der Waals surface area (Å²) < 4.78 is 80.8. The highest BCUT2D eigenvalue weighted by atomic mass is 35.5. The number of hydrogen-bond acceptors (Lipinski definition) is 3. The van der Waals surface area contributed by atoms with Crippen LogP contribution in [0, 0.1) is 13.8 Å². The van der Waals surface area contributed by atoms with Gasteiger partial charge in [0, 0.05) is 43.7 Å². The Morgan fingerprint density at radius 3 is 2.17 bits per heavy atom. The van der Waals surface area contributed by atoms with E-state index in [9.17, 15) is 35.9 Å². The lowest BCUT2D eigenvalue weighted by Gasteiger charge is -2.41. The molecule has 0 bridgehead atoms. The first-order chi connectivity index (χ1) is 19.2. The fourth-order valence-corrected chi connectivity index (χ4v) is 4.69. The van der Waals surface area contributed by atoms with Crippen molar-refractivity contribution < 1.29 is 35.9 Å². The van der Waals surface area contributed by atoms with Crippen LogP contribution in [0.1, 0.15) is 43.7 Å². The van der Waals surface area contributed by atoms with Crippen molar-refractivity contribution in [2.45, 2.75) is 38.7 Å². The van der Waals surface area contributed by atoms with Crippen LogP contribution in [0.15, 0.2) is 67.0 Å². The van der Waals surface area contributed by atoms with Crippen LogP contribution < -0.4 is 0 Å². The molecule has 12 heteroatoms. The number of carbonyl (C=O) groups excluding carboxylic acids is 2. The largest absolute Gasteiger partial charge is 0.416 e. The summed E-state index contributed by atoms with van der Waals surface area (Å²) in [5, 5.41) is 0. The molecule has 1 aliphatic rings. The molecule has 2 aromatic carbocycles. The quantitative estimate of drug-likeness (QED) is 0.236. The third kappa shape index (κ3) is 7.90. The second-order valence-electron chi connectivity index (χ2n) is 9.97. The normalized spacial score (nSPS) is 16.0. The number of piperazine rings is 1. The van der Waals surface area contributed by atoms with Gasteiger partial charge in [-0.2, -0.15) is 26.3 Å². The number of aryl methyl sites for hydroxylation is 2. The van der Waals surface area contributed by atoms with Gasteiger partial charge in [-0.25, -0.2) is 0 Å². The Kier molecular flexibility index (Phi) is 10.1. The highest BCUT2D eigenvalue weighted by Gasteiger charge is 2.39. The van der Waals surface area contributed by atoms with Crippen LogP contribution in [-0.4, -0.2) is 52.3 Å². The van der Waals surface area contributed by atoms with Gasteiger partial charge >= 0.3 is 12.4 Å². The van der Waals surface area contributed by atoms with Gasteiger partial charge in [0.1, 0.15) is 0 Å². The topological polar surface area (TPSA) is 53.5 Å². The smallest absolute Gasteiger partial charge is 0.335 e. The molecule has 0 saturated carbocycles. The molecular formula is C30H28ClF6N3O2. The maximum atomic E-state index is 13.5. The summed E-state index contributed by atoms with van der Waals surface area (Å²) in [6.45, 7) is 3.86. The van der Waals surface area contributed by atoms with Gasteiger partial charge < -0.3 is 9.80 Å². The second kappa shape index (κ2) is 13.0. The van der Waals surface area contributed by atoms with E-state index in [1.807, 2.05) is 32.0 Å². The number of carbonyl (C=O) groups is 2. The lowest BCUT2D eigenvalue weighted by Crippen LogP contribution is -2.57. The van der Waals surface area contributed by atoms with E-state index >= 15 is 0 Å². The Labute approximate surface area is 245 Å². The molecule has 1 atom stereocenters. The van der Waals surface area contributed by atoms with Crippen molar-refractivity contribution in [3.8, 4) is 0 Å². The zero-order chi connectivity index (χ0) is 29.9. The molecule has 0 unspecified atom stereocenters. The summed E-state index contributed by atoms with van der Waals surface area (Å²) >= 11 is 0. The van der Waals surface area contributed by atoms with Crippen LogP contribution in [0.5, 0.6) is 0 Å². The third-order valence-corrected chi connectivity index (χ3v) is 7.04. The van der Waals surface area contributed by atoms with Crippen LogP contribution in [0.3, 0.4) is 0 Å². The van der Waals surface area contributed by atoms with Crippen LogP contribution in [0.2, 0.25) is 0 Å². The van der Waals surface area contributed by atoms with E-state index in [1.54, 1.807) is 30.6 Å². The molecule has 4 rings (SSSR count). The average Bonchev–Trinajstić information content (AvgIpc) is 2.92. The van der Waals surface area contributed by atoms with Gasteiger partial charge in [-0.15, -0.1) is 12.4 Å². The van der Waals surface area contributed by atoms with Gasteiger partial charge in [-0.1, -0.05) is 24.3 Å². The summed E-state index contributed by atoms with van der Waals surface area (Å²) in [6.07, 6.45) is -3.80. The molecule has 1 aliphatic heterocycles. The van der Waals surface area contributed by atoms with Crippen molar-refractivity contribution in [1.82, 2.24) is 14.8 Å². The van der Waals surface area contributed by atoms with Gasteiger partial charge in [-0.05, 0) is 72.9 Å². The predicted molar refractivity (Wildman–Crippen MR) is 148 cm³/mol. The molecule has 0 aliphatic carbocycles. The molecule has 3 aromatic rings. The Morgan fingerprint density at radius 2 is 1.60 bits per heavy atom. The molecule has 0 N–H and O–H groups in total. The molecule has 0 spiro atoms. The molecule has 0 radical (unpaired) electrons. The molecular weight excluding hydrogens is 584 g/mol. The number of aromatic nitrogens is 1. The number of alkyl halides is 6. The molecule has 1 saturated heterocycles. The third-order valence-electron chi connectivity index (χ3n) is 7.04. The maximum absolute atomic E-state index is 13.5. The van der Waals surface area contributed by atoms with Crippen molar-refractivity contribution in [2.24, 2.45) is 0 Å². The van der Waals surface area contributed by atoms with Gasteiger partial charge in [-0.3, -0.25) is 14.6 Å². The molecule has 2 amide bonds. The van der Waals surface area contributed by atoms with E-state index in [2.05, 4.69) is 4.98 Å². The van der Waals surface area contributed by atoms with E-state index in [0.717, 1.165) is 16.7 Å². The first-order valence-corrected chi connectivity index (χ1v) is 12.8. The number of halogens is 7. The van der Waals surface area contributed by atoms with Gasteiger partial charge in [0.2, 0.25) is 5.91 Å². The maximum Gasteiger partial charge on any atom is 0.416 e. The van der Waals surface area contributed by atoms with Crippen LogP contribution in [-0.2, 0) is 23.6 Å². The summed E-state index contributed by atoms with van der Waals surface area (Å²) in [4.78, 5) is 33.3. The summed E-state index contributed by atoms with van der Waals surface area (Å²) in [5.41, 5.74) is -0.301. The van der Waals surface area contributed by atoms with E-state index in [1.165, 1.54) is 15.9 Å². The molecule has 5 nitrogen and oxygen atoms in total. The Balaban J connectivity index is 0.00000484. The monoisotopic (exact) mass is 611 g/mol.